The summed E-state index contributed by atoms with van der Waals surface area (Å²) in [5.41, 5.74) is 10.4. The largest absolute Gasteiger partial charge is 0.369 e. The Morgan fingerprint density at radius 2 is 1.95 bits per heavy atom. The third kappa shape index (κ3) is 2.51. The Morgan fingerprint density at radius 1 is 1.19 bits per heavy atom. The van der Waals surface area contributed by atoms with Crippen molar-refractivity contribution < 1.29 is 0 Å². The lowest BCUT2D eigenvalue weighted by Crippen LogP contribution is -2.08. The first kappa shape index (κ1) is 13.7. The molecule has 0 aliphatic carbocycles. The van der Waals surface area contributed by atoms with Crippen molar-refractivity contribution in [1.29, 1.82) is 0 Å². The Bertz CT molecular complexity index is 739. The van der Waals surface area contributed by atoms with Gasteiger partial charge in [0.25, 0.3) is 0 Å². The van der Waals surface area contributed by atoms with Gasteiger partial charge in [0.1, 0.15) is 5.52 Å². The summed E-state index contributed by atoms with van der Waals surface area (Å²) in [6, 6.07) is 10.5. The average molecular weight is 283 g/mol. The third-order valence-electron chi connectivity index (χ3n) is 3.85. The summed E-state index contributed by atoms with van der Waals surface area (Å²) in [5.74, 6) is 0.584. The molecule has 0 atom stereocenters. The van der Waals surface area contributed by atoms with E-state index in [1.807, 2.05) is 17.8 Å². The van der Waals surface area contributed by atoms with Gasteiger partial charge in [-0.3, -0.25) is 9.25 Å². The Labute approximate surface area is 124 Å². The van der Waals surface area contributed by atoms with E-state index >= 15 is 0 Å². The van der Waals surface area contributed by atoms with Gasteiger partial charge >= 0.3 is 0 Å². The van der Waals surface area contributed by atoms with Gasteiger partial charge < -0.3 is 5.73 Å². The molecule has 3 aromatic rings. The molecule has 5 heteroatoms. The van der Waals surface area contributed by atoms with Crippen LogP contribution in [0, 0.1) is 0 Å². The normalized spacial score (nSPS) is 11.3. The minimum atomic E-state index is 0.584. The van der Waals surface area contributed by atoms with Crippen LogP contribution in [0.5, 0.6) is 0 Å². The minimum absolute atomic E-state index is 0.584. The maximum atomic E-state index is 6.08. The molecule has 0 saturated carbocycles. The number of aromatic nitrogens is 4. The molecule has 0 spiro atoms. The zero-order valence-electron chi connectivity index (χ0n) is 12.6. The maximum Gasteiger partial charge on any atom is 0.202 e. The molecular formula is C16H21N5. The van der Waals surface area contributed by atoms with Gasteiger partial charge in [0.15, 0.2) is 5.65 Å². The van der Waals surface area contributed by atoms with E-state index in [1.165, 1.54) is 5.56 Å². The Morgan fingerprint density at radius 3 is 2.67 bits per heavy atom. The zero-order valence-corrected chi connectivity index (χ0v) is 12.6. The van der Waals surface area contributed by atoms with Crippen LogP contribution in [0.1, 0.15) is 24.6 Å². The molecule has 110 valence electrons. The second kappa shape index (κ2) is 5.60. The van der Waals surface area contributed by atoms with Crippen molar-refractivity contribution in [1.82, 2.24) is 19.3 Å². The van der Waals surface area contributed by atoms with E-state index in [4.69, 9.17) is 5.73 Å². The van der Waals surface area contributed by atoms with E-state index < -0.39 is 0 Å². The van der Waals surface area contributed by atoms with Crippen molar-refractivity contribution in [3.63, 3.8) is 0 Å². The van der Waals surface area contributed by atoms with Crippen LogP contribution < -0.4 is 5.73 Å². The summed E-state index contributed by atoms with van der Waals surface area (Å²) in [6.45, 7) is 2.95. The van der Waals surface area contributed by atoms with Gasteiger partial charge in [-0.2, -0.15) is 5.10 Å². The smallest absolute Gasteiger partial charge is 0.202 e. The third-order valence-corrected chi connectivity index (χ3v) is 3.85. The SMILES string of the molecule is CCc1nn(C)c2c1nc(N)n2CCCc1ccccc1. The fourth-order valence-corrected chi connectivity index (χ4v) is 2.80. The zero-order chi connectivity index (χ0) is 14.8. The first-order chi connectivity index (χ1) is 10.2. The molecule has 0 bridgehead atoms. The van der Waals surface area contributed by atoms with Gasteiger partial charge in [-0.05, 0) is 24.8 Å². The maximum absolute atomic E-state index is 6.08. The summed E-state index contributed by atoms with van der Waals surface area (Å²) >= 11 is 0. The molecule has 0 fully saturated rings. The van der Waals surface area contributed by atoms with E-state index in [0.29, 0.717) is 5.95 Å². The van der Waals surface area contributed by atoms with E-state index in [9.17, 15) is 0 Å². The predicted octanol–water partition coefficient (Wildman–Crippen LogP) is 2.55. The van der Waals surface area contributed by atoms with Crippen molar-refractivity contribution in [2.45, 2.75) is 32.7 Å². The van der Waals surface area contributed by atoms with Crippen molar-refractivity contribution in [3.8, 4) is 0 Å². The van der Waals surface area contributed by atoms with E-state index in [1.54, 1.807) is 0 Å². The monoisotopic (exact) mass is 283 g/mol. The first-order valence-corrected chi connectivity index (χ1v) is 7.42. The van der Waals surface area contributed by atoms with E-state index in [-0.39, 0.29) is 0 Å². The summed E-state index contributed by atoms with van der Waals surface area (Å²) in [5, 5.41) is 4.51. The molecule has 5 nitrogen and oxygen atoms in total. The average Bonchev–Trinajstić information content (AvgIpc) is 2.98. The number of anilines is 1. The van der Waals surface area contributed by atoms with Crippen molar-refractivity contribution in [3.05, 3.63) is 41.6 Å². The number of imidazole rings is 1. The second-order valence-corrected chi connectivity index (χ2v) is 5.31. The lowest BCUT2D eigenvalue weighted by Gasteiger charge is -2.07. The van der Waals surface area contributed by atoms with Gasteiger partial charge in [-0.15, -0.1) is 0 Å². The van der Waals surface area contributed by atoms with E-state index in [0.717, 1.165) is 42.7 Å². The highest BCUT2D eigenvalue weighted by Gasteiger charge is 2.16. The number of fused-ring (bicyclic) bond motifs is 1. The number of hydrogen-bond donors (Lipinski definition) is 1. The quantitative estimate of drug-likeness (QED) is 0.782. The van der Waals surface area contributed by atoms with Crippen molar-refractivity contribution in [2.75, 3.05) is 5.73 Å². The molecule has 21 heavy (non-hydrogen) atoms. The summed E-state index contributed by atoms with van der Waals surface area (Å²) in [4.78, 5) is 4.49. The highest BCUT2D eigenvalue weighted by molar-refractivity contribution is 5.77. The summed E-state index contributed by atoms with van der Waals surface area (Å²) in [7, 11) is 1.95. The molecule has 0 saturated heterocycles. The summed E-state index contributed by atoms with van der Waals surface area (Å²) < 4.78 is 3.96. The number of benzene rings is 1. The molecule has 0 radical (unpaired) electrons. The molecule has 2 aromatic heterocycles. The summed E-state index contributed by atoms with van der Waals surface area (Å²) in [6.07, 6.45) is 2.95. The lowest BCUT2D eigenvalue weighted by molar-refractivity contribution is 0.638. The van der Waals surface area contributed by atoms with Gasteiger partial charge in [0, 0.05) is 13.6 Å². The molecule has 0 unspecified atom stereocenters. The van der Waals surface area contributed by atoms with Crippen molar-refractivity contribution in [2.24, 2.45) is 7.05 Å². The Hall–Kier alpha value is -2.30. The molecule has 0 amide bonds. The number of nitrogens with zero attached hydrogens (tertiary/aromatic N) is 4. The van der Waals surface area contributed by atoms with Crippen LogP contribution in [-0.4, -0.2) is 19.3 Å². The number of rotatable bonds is 5. The molecule has 2 N–H and O–H groups in total. The second-order valence-electron chi connectivity index (χ2n) is 5.31. The highest BCUT2D eigenvalue weighted by Crippen LogP contribution is 2.21. The van der Waals surface area contributed by atoms with Crippen LogP contribution in [0.25, 0.3) is 11.2 Å². The van der Waals surface area contributed by atoms with Crippen molar-refractivity contribution >= 4 is 17.1 Å². The number of hydrogen-bond acceptors (Lipinski definition) is 3. The fourth-order valence-electron chi connectivity index (χ4n) is 2.80. The van der Waals surface area contributed by atoms with Crippen LogP contribution in [0.4, 0.5) is 5.95 Å². The van der Waals surface area contributed by atoms with Gasteiger partial charge in [0.05, 0.1) is 5.69 Å². The number of aryl methyl sites for hydroxylation is 4. The standard InChI is InChI=1S/C16H21N5/c1-3-13-14-15(20(2)19-13)21(16(17)18-14)11-7-10-12-8-5-4-6-9-12/h4-6,8-9H,3,7,10-11H2,1-2H3,(H2,17,18). The number of nitrogen functional groups attached to an aromatic ring is 1. The molecule has 0 aliphatic rings. The van der Waals surface area contributed by atoms with Crippen LogP contribution >= 0.6 is 0 Å². The van der Waals surface area contributed by atoms with Gasteiger partial charge in [-0.25, -0.2) is 4.98 Å². The topological polar surface area (TPSA) is 61.7 Å². The van der Waals surface area contributed by atoms with Crippen LogP contribution in [-0.2, 0) is 26.4 Å². The molecule has 2 heterocycles. The van der Waals surface area contributed by atoms with E-state index in [2.05, 4.69) is 45.8 Å². The number of nitrogens with two attached hydrogens (primary N) is 1. The Balaban J connectivity index is 1.80. The molecule has 1 aromatic carbocycles. The highest BCUT2D eigenvalue weighted by atomic mass is 15.3. The molecule has 3 rings (SSSR count). The van der Waals surface area contributed by atoms with Crippen LogP contribution in [0.15, 0.2) is 30.3 Å². The minimum Gasteiger partial charge on any atom is -0.369 e. The lowest BCUT2D eigenvalue weighted by atomic mass is 10.1. The Kier molecular flexibility index (Phi) is 3.64. The fraction of sp³-hybridized carbons (Fsp3) is 0.375. The molecular weight excluding hydrogens is 262 g/mol. The van der Waals surface area contributed by atoms with Gasteiger partial charge in [0.2, 0.25) is 5.95 Å². The predicted molar refractivity (Wildman–Crippen MR) is 85.1 cm³/mol. The first-order valence-electron chi connectivity index (χ1n) is 7.42. The van der Waals surface area contributed by atoms with Gasteiger partial charge in [-0.1, -0.05) is 37.3 Å². The van der Waals surface area contributed by atoms with Crippen LogP contribution in [0.2, 0.25) is 0 Å². The van der Waals surface area contributed by atoms with Crippen LogP contribution in [0.3, 0.4) is 0 Å². The molecule has 0 aliphatic heterocycles.